The van der Waals surface area contributed by atoms with Crippen LogP contribution in [0.4, 0.5) is 0 Å². The smallest absolute Gasteiger partial charge is 0.0698 e. The molecule has 2 N–H and O–H groups in total. The molecule has 2 rings (SSSR count). The molecule has 1 aliphatic rings. The summed E-state index contributed by atoms with van der Waals surface area (Å²) in [5.74, 6) is 0. The van der Waals surface area contributed by atoms with Crippen molar-refractivity contribution in [3.63, 3.8) is 0 Å². The van der Waals surface area contributed by atoms with Crippen molar-refractivity contribution in [2.45, 2.75) is 18.4 Å². The van der Waals surface area contributed by atoms with E-state index in [0.717, 1.165) is 24.4 Å². The third-order valence-corrected chi connectivity index (χ3v) is 3.31. The van der Waals surface area contributed by atoms with E-state index in [1.807, 2.05) is 18.2 Å². The fraction of sp³-hybridized carbons (Fsp3) is 0.538. The Bertz CT molecular complexity index is 366. The maximum Gasteiger partial charge on any atom is 0.0698 e. The van der Waals surface area contributed by atoms with Crippen LogP contribution >= 0.6 is 11.6 Å². The molecule has 1 saturated carbocycles. The minimum absolute atomic E-state index is 0.0828. The fourth-order valence-electron chi connectivity index (χ4n) is 2.01. The molecule has 0 heterocycles. The molecule has 17 heavy (non-hydrogen) atoms. The van der Waals surface area contributed by atoms with E-state index < -0.39 is 0 Å². The predicted octanol–water partition coefficient (Wildman–Crippen LogP) is 1.93. The van der Waals surface area contributed by atoms with Crippen LogP contribution in [-0.4, -0.2) is 31.5 Å². The zero-order valence-corrected chi connectivity index (χ0v) is 10.5. The molecular formula is C13H18ClNO2. The van der Waals surface area contributed by atoms with E-state index in [0.29, 0.717) is 13.2 Å². The Labute approximate surface area is 107 Å². The number of hydrogen-bond acceptors (Lipinski definition) is 3. The third-order valence-electron chi connectivity index (χ3n) is 3.07. The lowest BCUT2D eigenvalue weighted by atomic mass is 10.1. The summed E-state index contributed by atoms with van der Waals surface area (Å²) in [6.07, 6.45) is 2.29. The van der Waals surface area contributed by atoms with Crippen molar-refractivity contribution >= 4 is 11.6 Å². The summed E-state index contributed by atoms with van der Waals surface area (Å²) < 4.78 is 5.23. The first-order valence-corrected chi connectivity index (χ1v) is 6.34. The molecule has 1 aliphatic carbocycles. The number of hydrogen-bond donors (Lipinski definition) is 2. The first kappa shape index (κ1) is 12.8. The van der Waals surface area contributed by atoms with Crippen LogP contribution in [0.3, 0.4) is 0 Å². The first-order valence-electron chi connectivity index (χ1n) is 5.96. The van der Waals surface area contributed by atoms with Gasteiger partial charge in [0.05, 0.1) is 19.8 Å². The van der Waals surface area contributed by atoms with Crippen molar-refractivity contribution < 1.29 is 9.84 Å². The molecule has 0 bridgehead atoms. The highest BCUT2D eigenvalue weighted by atomic mass is 35.5. The molecule has 0 radical (unpaired) electrons. The van der Waals surface area contributed by atoms with Crippen LogP contribution in [-0.2, 0) is 10.3 Å². The minimum Gasteiger partial charge on any atom is -0.394 e. The van der Waals surface area contributed by atoms with Crippen molar-refractivity contribution in [3.05, 3.63) is 34.9 Å². The second-order valence-corrected chi connectivity index (χ2v) is 4.79. The van der Waals surface area contributed by atoms with Gasteiger partial charge in [0.1, 0.15) is 0 Å². The largest absolute Gasteiger partial charge is 0.394 e. The lowest BCUT2D eigenvalue weighted by Crippen LogP contribution is -2.32. The number of rotatable bonds is 7. The number of aliphatic hydroxyl groups is 1. The van der Waals surface area contributed by atoms with Crippen molar-refractivity contribution in [3.8, 4) is 0 Å². The Morgan fingerprint density at radius 3 is 2.82 bits per heavy atom. The van der Waals surface area contributed by atoms with E-state index in [-0.39, 0.29) is 12.1 Å². The average Bonchev–Trinajstić information content (AvgIpc) is 3.10. The van der Waals surface area contributed by atoms with E-state index in [1.165, 1.54) is 5.56 Å². The van der Waals surface area contributed by atoms with Gasteiger partial charge in [-0.3, -0.25) is 0 Å². The topological polar surface area (TPSA) is 41.5 Å². The SMILES string of the molecule is OCCOCCNC1(c2cccc(Cl)c2)CC1. The van der Waals surface area contributed by atoms with Gasteiger partial charge < -0.3 is 15.2 Å². The molecule has 1 aromatic rings. The Hall–Kier alpha value is -0.610. The first-order chi connectivity index (χ1) is 8.27. The van der Waals surface area contributed by atoms with E-state index in [1.54, 1.807) is 0 Å². The molecule has 94 valence electrons. The van der Waals surface area contributed by atoms with Crippen LogP contribution in [0, 0.1) is 0 Å². The number of benzene rings is 1. The Balaban J connectivity index is 1.83. The van der Waals surface area contributed by atoms with E-state index in [2.05, 4.69) is 11.4 Å². The van der Waals surface area contributed by atoms with Crippen molar-refractivity contribution in [2.75, 3.05) is 26.4 Å². The van der Waals surface area contributed by atoms with Gasteiger partial charge in [0.15, 0.2) is 0 Å². The van der Waals surface area contributed by atoms with Gasteiger partial charge in [-0.25, -0.2) is 0 Å². The molecular weight excluding hydrogens is 238 g/mol. The van der Waals surface area contributed by atoms with Crippen LogP contribution in [0.1, 0.15) is 18.4 Å². The lowest BCUT2D eigenvalue weighted by Gasteiger charge is -2.18. The van der Waals surface area contributed by atoms with E-state index in [4.69, 9.17) is 21.4 Å². The van der Waals surface area contributed by atoms with E-state index in [9.17, 15) is 0 Å². The summed E-state index contributed by atoms with van der Waals surface area (Å²) in [5.41, 5.74) is 1.36. The Morgan fingerprint density at radius 2 is 2.18 bits per heavy atom. The van der Waals surface area contributed by atoms with Crippen molar-refractivity contribution in [1.82, 2.24) is 5.32 Å². The molecule has 1 aromatic carbocycles. The quantitative estimate of drug-likeness (QED) is 0.732. The number of halogens is 1. The third kappa shape index (κ3) is 3.42. The lowest BCUT2D eigenvalue weighted by molar-refractivity contribution is 0.0920. The average molecular weight is 256 g/mol. The molecule has 0 unspecified atom stereocenters. The molecule has 4 heteroatoms. The van der Waals surface area contributed by atoms with Crippen LogP contribution in [0.2, 0.25) is 5.02 Å². The van der Waals surface area contributed by atoms with Gasteiger partial charge >= 0.3 is 0 Å². The normalized spacial score (nSPS) is 17.1. The second kappa shape index (κ2) is 5.83. The van der Waals surface area contributed by atoms with Gasteiger partial charge in [0.2, 0.25) is 0 Å². The van der Waals surface area contributed by atoms with Gasteiger partial charge in [-0.05, 0) is 30.5 Å². The summed E-state index contributed by atoms with van der Waals surface area (Å²) >= 11 is 6.00. The molecule has 0 spiro atoms. The molecule has 0 amide bonds. The highest BCUT2D eigenvalue weighted by Gasteiger charge is 2.43. The number of nitrogens with one attached hydrogen (secondary N) is 1. The highest BCUT2D eigenvalue weighted by Crippen LogP contribution is 2.45. The maximum atomic E-state index is 8.59. The Morgan fingerprint density at radius 1 is 1.35 bits per heavy atom. The number of aliphatic hydroxyl groups excluding tert-OH is 1. The molecule has 0 atom stereocenters. The molecule has 0 saturated heterocycles. The zero-order valence-electron chi connectivity index (χ0n) is 9.79. The zero-order chi connectivity index (χ0) is 12.1. The minimum atomic E-state index is 0.0828. The number of ether oxygens (including phenoxy) is 1. The second-order valence-electron chi connectivity index (χ2n) is 4.36. The van der Waals surface area contributed by atoms with Gasteiger partial charge in [-0.2, -0.15) is 0 Å². The molecule has 0 aromatic heterocycles. The molecule has 3 nitrogen and oxygen atoms in total. The highest BCUT2D eigenvalue weighted by molar-refractivity contribution is 6.30. The Kier molecular flexibility index (Phi) is 4.40. The summed E-state index contributed by atoms with van der Waals surface area (Å²) in [6, 6.07) is 8.02. The van der Waals surface area contributed by atoms with Gasteiger partial charge in [-0.15, -0.1) is 0 Å². The van der Waals surface area contributed by atoms with E-state index >= 15 is 0 Å². The molecule has 1 fully saturated rings. The molecule has 0 aliphatic heterocycles. The van der Waals surface area contributed by atoms with Crippen molar-refractivity contribution in [2.24, 2.45) is 0 Å². The monoisotopic (exact) mass is 255 g/mol. The predicted molar refractivity (Wildman–Crippen MR) is 68.3 cm³/mol. The fourth-order valence-corrected chi connectivity index (χ4v) is 2.20. The van der Waals surface area contributed by atoms with Gasteiger partial charge in [0, 0.05) is 17.1 Å². The summed E-state index contributed by atoms with van der Waals surface area (Å²) in [6.45, 7) is 1.92. The van der Waals surface area contributed by atoms with Crippen LogP contribution in [0.15, 0.2) is 24.3 Å². The summed E-state index contributed by atoms with van der Waals surface area (Å²) in [7, 11) is 0. The summed E-state index contributed by atoms with van der Waals surface area (Å²) in [5, 5.41) is 12.9. The van der Waals surface area contributed by atoms with Gasteiger partial charge in [0.25, 0.3) is 0 Å². The van der Waals surface area contributed by atoms with Crippen molar-refractivity contribution in [1.29, 1.82) is 0 Å². The standard InChI is InChI=1S/C13H18ClNO2/c14-12-3-1-2-11(10-12)13(4-5-13)15-6-8-17-9-7-16/h1-3,10,15-16H,4-9H2. The van der Waals surface area contributed by atoms with Crippen LogP contribution < -0.4 is 5.32 Å². The van der Waals surface area contributed by atoms with Gasteiger partial charge in [-0.1, -0.05) is 23.7 Å². The summed E-state index contributed by atoms with van der Waals surface area (Å²) in [4.78, 5) is 0. The maximum absolute atomic E-state index is 8.59. The van der Waals surface area contributed by atoms with Crippen LogP contribution in [0.5, 0.6) is 0 Å². The van der Waals surface area contributed by atoms with Crippen LogP contribution in [0.25, 0.3) is 0 Å².